The van der Waals surface area contributed by atoms with Crippen molar-refractivity contribution in [1.29, 1.82) is 5.41 Å². The van der Waals surface area contributed by atoms with Gasteiger partial charge in [-0.3, -0.25) is 5.41 Å². The van der Waals surface area contributed by atoms with Crippen molar-refractivity contribution in [2.24, 2.45) is 11.7 Å². The zero-order valence-electron chi connectivity index (χ0n) is 11.2. The van der Waals surface area contributed by atoms with Crippen molar-refractivity contribution >= 4 is 27.5 Å². The van der Waals surface area contributed by atoms with Crippen LogP contribution in [-0.2, 0) is 4.74 Å². The molecule has 2 rings (SSSR count). The van der Waals surface area contributed by atoms with Crippen LogP contribution in [0.4, 0.5) is 5.69 Å². The number of anilines is 1. The lowest BCUT2D eigenvalue weighted by Crippen LogP contribution is -2.38. The molecular formula is C14H20BrN3O. The molecule has 0 saturated carbocycles. The Morgan fingerprint density at radius 3 is 3.05 bits per heavy atom. The molecule has 19 heavy (non-hydrogen) atoms. The van der Waals surface area contributed by atoms with Crippen LogP contribution in [-0.4, -0.2) is 32.6 Å². The largest absolute Gasteiger partial charge is 0.384 e. The van der Waals surface area contributed by atoms with Gasteiger partial charge in [0.25, 0.3) is 0 Å². The number of rotatable bonds is 4. The van der Waals surface area contributed by atoms with Gasteiger partial charge in [-0.15, -0.1) is 0 Å². The standard InChI is InChI=1S/C14H20BrN3O/c1-19-9-10-3-2-6-18(8-10)13-5-4-11(15)7-12(13)14(16)17/h4-5,7,10H,2-3,6,8-9H2,1H3,(H3,16,17). The van der Waals surface area contributed by atoms with Crippen molar-refractivity contribution in [1.82, 2.24) is 0 Å². The van der Waals surface area contributed by atoms with Gasteiger partial charge in [0, 0.05) is 35.9 Å². The van der Waals surface area contributed by atoms with E-state index in [0.717, 1.165) is 41.8 Å². The number of nitrogens with zero attached hydrogens (tertiary/aromatic N) is 1. The van der Waals surface area contributed by atoms with E-state index in [1.807, 2.05) is 18.2 Å². The molecular weight excluding hydrogens is 306 g/mol. The molecule has 1 aromatic carbocycles. The van der Waals surface area contributed by atoms with Gasteiger partial charge in [-0.1, -0.05) is 15.9 Å². The minimum Gasteiger partial charge on any atom is -0.384 e. The molecule has 0 aliphatic carbocycles. The Labute approximate surface area is 122 Å². The normalized spacial score (nSPS) is 19.5. The number of hydrogen-bond donors (Lipinski definition) is 2. The van der Waals surface area contributed by atoms with Crippen LogP contribution in [0.1, 0.15) is 18.4 Å². The predicted octanol–water partition coefficient (Wildman–Crippen LogP) is 2.60. The molecule has 1 aliphatic heterocycles. The maximum Gasteiger partial charge on any atom is 0.124 e. The van der Waals surface area contributed by atoms with Crippen molar-refractivity contribution < 1.29 is 4.74 Å². The molecule has 0 amide bonds. The van der Waals surface area contributed by atoms with Gasteiger partial charge in [0.15, 0.2) is 0 Å². The number of ether oxygens (including phenoxy) is 1. The SMILES string of the molecule is COCC1CCCN(c2ccc(Br)cc2C(=N)N)C1. The fraction of sp³-hybridized carbons (Fsp3) is 0.500. The summed E-state index contributed by atoms with van der Waals surface area (Å²) < 4.78 is 6.21. The number of methoxy groups -OCH3 is 1. The summed E-state index contributed by atoms with van der Waals surface area (Å²) in [5, 5.41) is 7.73. The molecule has 0 spiro atoms. The van der Waals surface area contributed by atoms with Gasteiger partial charge in [-0.25, -0.2) is 0 Å². The van der Waals surface area contributed by atoms with E-state index in [4.69, 9.17) is 15.9 Å². The number of halogens is 1. The highest BCUT2D eigenvalue weighted by Crippen LogP contribution is 2.28. The lowest BCUT2D eigenvalue weighted by Gasteiger charge is -2.35. The van der Waals surface area contributed by atoms with Crippen LogP contribution in [0.5, 0.6) is 0 Å². The lowest BCUT2D eigenvalue weighted by molar-refractivity contribution is 0.143. The number of nitrogens with two attached hydrogens (primary N) is 1. The number of benzene rings is 1. The molecule has 1 aliphatic rings. The fourth-order valence-corrected chi connectivity index (χ4v) is 3.02. The lowest BCUT2D eigenvalue weighted by atomic mass is 9.97. The number of hydrogen-bond acceptors (Lipinski definition) is 3. The Kier molecular flexibility index (Phi) is 4.82. The summed E-state index contributed by atoms with van der Waals surface area (Å²) in [5.41, 5.74) is 7.55. The van der Waals surface area contributed by atoms with E-state index in [-0.39, 0.29) is 5.84 Å². The summed E-state index contributed by atoms with van der Waals surface area (Å²) in [4.78, 5) is 2.32. The smallest absolute Gasteiger partial charge is 0.124 e. The zero-order valence-corrected chi connectivity index (χ0v) is 12.7. The maximum absolute atomic E-state index is 7.73. The Bertz CT molecular complexity index is 462. The van der Waals surface area contributed by atoms with Crippen LogP contribution in [0.3, 0.4) is 0 Å². The molecule has 1 saturated heterocycles. The molecule has 5 heteroatoms. The average Bonchev–Trinajstić information content (AvgIpc) is 2.39. The first-order valence-corrected chi connectivity index (χ1v) is 7.29. The number of nitrogen functional groups attached to an aromatic ring is 1. The molecule has 0 bridgehead atoms. The number of piperidine rings is 1. The highest BCUT2D eigenvalue weighted by molar-refractivity contribution is 9.10. The third-order valence-corrected chi connectivity index (χ3v) is 4.00. The second kappa shape index (κ2) is 6.39. The minimum absolute atomic E-state index is 0.116. The second-order valence-electron chi connectivity index (χ2n) is 4.98. The van der Waals surface area contributed by atoms with Gasteiger partial charge in [0.2, 0.25) is 0 Å². The Morgan fingerprint density at radius 1 is 1.58 bits per heavy atom. The summed E-state index contributed by atoms with van der Waals surface area (Å²) in [6.07, 6.45) is 2.36. The van der Waals surface area contributed by atoms with Crippen LogP contribution in [0.15, 0.2) is 22.7 Å². The van der Waals surface area contributed by atoms with Crippen LogP contribution >= 0.6 is 15.9 Å². The molecule has 104 valence electrons. The highest BCUT2D eigenvalue weighted by atomic mass is 79.9. The Balaban J connectivity index is 2.23. The second-order valence-corrected chi connectivity index (χ2v) is 5.90. The molecule has 1 aromatic rings. The summed E-state index contributed by atoms with van der Waals surface area (Å²) in [6, 6.07) is 5.95. The fourth-order valence-electron chi connectivity index (χ4n) is 2.66. The van der Waals surface area contributed by atoms with Crippen molar-refractivity contribution in [2.45, 2.75) is 12.8 Å². The number of amidine groups is 1. The summed E-state index contributed by atoms with van der Waals surface area (Å²) in [7, 11) is 1.75. The zero-order chi connectivity index (χ0) is 13.8. The van der Waals surface area contributed by atoms with Crippen molar-refractivity contribution in [3.63, 3.8) is 0 Å². The molecule has 1 heterocycles. The van der Waals surface area contributed by atoms with Crippen molar-refractivity contribution in [3.8, 4) is 0 Å². The first kappa shape index (κ1) is 14.3. The number of nitrogens with one attached hydrogen (secondary N) is 1. The third-order valence-electron chi connectivity index (χ3n) is 3.51. The topological polar surface area (TPSA) is 62.3 Å². The third kappa shape index (κ3) is 3.48. The summed E-state index contributed by atoms with van der Waals surface area (Å²) in [6.45, 7) is 2.78. The molecule has 3 N–H and O–H groups in total. The van der Waals surface area contributed by atoms with E-state index in [1.165, 1.54) is 6.42 Å². The molecule has 0 radical (unpaired) electrons. The van der Waals surface area contributed by atoms with Crippen molar-refractivity contribution in [2.75, 3.05) is 31.7 Å². The molecule has 1 atom stereocenters. The van der Waals surface area contributed by atoms with Gasteiger partial charge in [-0.2, -0.15) is 0 Å². The van der Waals surface area contributed by atoms with Gasteiger partial charge >= 0.3 is 0 Å². The van der Waals surface area contributed by atoms with Crippen LogP contribution < -0.4 is 10.6 Å². The van der Waals surface area contributed by atoms with Crippen LogP contribution in [0.2, 0.25) is 0 Å². The van der Waals surface area contributed by atoms with E-state index in [9.17, 15) is 0 Å². The first-order valence-electron chi connectivity index (χ1n) is 6.49. The first-order chi connectivity index (χ1) is 9.11. The molecule has 4 nitrogen and oxygen atoms in total. The quantitative estimate of drug-likeness (QED) is 0.660. The minimum atomic E-state index is 0.116. The van der Waals surface area contributed by atoms with E-state index in [2.05, 4.69) is 20.8 Å². The van der Waals surface area contributed by atoms with E-state index < -0.39 is 0 Å². The van der Waals surface area contributed by atoms with E-state index >= 15 is 0 Å². The predicted molar refractivity (Wildman–Crippen MR) is 82.0 cm³/mol. The van der Waals surface area contributed by atoms with Crippen LogP contribution in [0, 0.1) is 11.3 Å². The Morgan fingerprint density at radius 2 is 2.37 bits per heavy atom. The van der Waals surface area contributed by atoms with Gasteiger partial charge in [0.05, 0.1) is 6.61 Å². The van der Waals surface area contributed by atoms with Gasteiger partial charge in [-0.05, 0) is 37.0 Å². The highest BCUT2D eigenvalue weighted by Gasteiger charge is 2.22. The summed E-state index contributed by atoms with van der Waals surface area (Å²) in [5.74, 6) is 0.673. The maximum atomic E-state index is 7.73. The molecule has 1 fully saturated rings. The van der Waals surface area contributed by atoms with E-state index in [0.29, 0.717) is 5.92 Å². The average molecular weight is 326 g/mol. The molecule has 1 unspecified atom stereocenters. The van der Waals surface area contributed by atoms with Gasteiger partial charge < -0.3 is 15.4 Å². The van der Waals surface area contributed by atoms with Crippen LogP contribution in [0.25, 0.3) is 0 Å². The van der Waals surface area contributed by atoms with E-state index in [1.54, 1.807) is 7.11 Å². The molecule has 0 aromatic heterocycles. The summed E-state index contributed by atoms with van der Waals surface area (Å²) >= 11 is 3.43. The Hall–Kier alpha value is -1.07. The van der Waals surface area contributed by atoms with Gasteiger partial charge in [0.1, 0.15) is 5.84 Å². The monoisotopic (exact) mass is 325 g/mol. The van der Waals surface area contributed by atoms with Crippen molar-refractivity contribution in [3.05, 3.63) is 28.2 Å².